The Balaban J connectivity index is 1.55. The van der Waals surface area contributed by atoms with Crippen molar-refractivity contribution in [2.75, 3.05) is 6.54 Å². The second-order valence-corrected chi connectivity index (χ2v) is 6.23. The number of nitrogens with one attached hydrogen (secondary N) is 2. The molecular formula is C18H18ClN3O2. The van der Waals surface area contributed by atoms with E-state index in [4.69, 9.17) is 11.6 Å². The number of pyridine rings is 1. The number of hydrogen-bond acceptors (Lipinski definition) is 3. The van der Waals surface area contributed by atoms with Gasteiger partial charge in [-0.2, -0.15) is 0 Å². The molecule has 0 aliphatic heterocycles. The van der Waals surface area contributed by atoms with Crippen LogP contribution in [-0.4, -0.2) is 29.4 Å². The Morgan fingerprint density at radius 2 is 1.79 bits per heavy atom. The Kier molecular flexibility index (Phi) is 5.11. The van der Waals surface area contributed by atoms with Gasteiger partial charge in [-0.25, -0.2) is 4.98 Å². The van der Waals surface area contributed by atoms with Crippen LogP contribution in [0, 0.1) is 0 Å². The van der Waals surface area contributed by atoms with Crippen LogP contribution in [0.2, 0.25) is 5.02 Å². The lowest BCUT2D eigenvalue weighted by molar-refractivity contribution is 0.0943. The average molecular weight is 344 g/mol. The summed E-state index contributed by atoms with van der Waals surface area (Å²) in [6.45, 7) is 0.472. The van der Waals surface area contributed by atoms with Crippen molar-refractivity contribution in [3.8, 4) is 0 Å². The third-order valence-corrected chi connectivity index (χ3v) is 3.95. The molecular weight excluding hydrogens is 326 g/mol. The van der Waals surface area contributed by atoms with E-state index in [9.17, 15) is 9.59 Å². The van der Waals surface area contributed by atoms with Gasteiger partial charge in [-0.3, -0.25) is 9.59 Å². The lowest BCUT2D eigenvalue weighted by atomic mass is 10.1. The standard InChI is InChI=1S/C18H18ClN3O2/c19-13-4-1-3-12(11-13)9-10-20-17(23)15-5-2-6-16(22-15)18(24)21-14-7-8-14/h1-6,11,14H,7-10H2,(H,20,23)(H,21,24). The van der Waals surface area contributed by atoms with Crippen molar-refractivity contribution in [2.45, 2.75) is 25.3 Å². The monoisotopic (exact) mass is 343 g/mol. The van der Waals surface area contributed by atoms with Gasteiger partial charge in [-0.1, -0.05) is 29.8 Å². The van der Waals surface area contributed by atoms with Crippen molar-refractivity contribution in [1.29, 1.82) is 0 Å². The highest BCUT2D eigenvalue weighted by Gasteiger charge is 2.24. The normalized spacial score (nSPS) is 13.4. The molecule has 1 aromatic heterocycles. The molecule has 1 heterocycles. The van der Waals surface area contributed by atoms with Crippen LogP contribution < -0.4 is 10.6 Å². The number of carbonyl (C=O) groups is 2. The lowest BCUT2D eigenvalue weighted by Crippen LogP contribution is -2.29. The highest BCUT2D eigenvalue weighted by atomic mass is 35.5. The Morgan fingerprint density at radius 3 is 2.50 bits per heavy atom. The second kappa shape index (κ2) is 7.45. The van der Waals surface area contributed by atoms with Gasteiger partial charge in [0.05, 0.1) is 0 Å². The van der Waals surface area contributed by atoms with E-state index in [1.54, 1.807) is 18.2 Å². The van der Waals surface area contributed by atoms with Crippen LogP contribution in [0.3, 0.4) is 0 Å². The molecule has 2 N–H and O–H groups in total. The SMILES string of the molecule is O=C(NCCc1cccc(Cl)c1)c1cccc(C(=O)NC2CC2)n1. The van der Waals surface area contributed by atoms with Gasteiger partial charge in [0.15, 0.2) is 0 Å². The number of aromatic nitrogens is 1. The molecule has 0 unspecified atom stereocenters. The minimum absolute atomic E-state index is 0.230. The van der Waals surface area contributed by atoms with Crippen molar-refractivity contribution in [2.24, 2.45) is 0 Å². The zero-order valence-electron chi connectivity index (χ0n) is 13.1. The van der Waals surface area contributed by atoms with Crippen LogP contribution in [0.4, 0.5) is 0 Å². The summed E-state index contributed by atoms with van der Waals surface area (Å²) in [6.07, 6.45) is 2.69. The van der Waals surface area contributed by atoms with Gasteiger partial charge in [0, 0.05) is 17.6 Å². The van der Waals surface area contributed by atoms with Gasteiger partial charge in [0.2, 0.25) is 0 Å². The van der Waals surface area contributed by atoms with Crippen molar-refractivity contribution in [3.05, 3.63) is 64.4 Å². The summed E-state index contributed by atoms with van der Waals surface area (Å²) >= 11 is 5.93. The minimum Gasteiger partial charge on any atom is -0.350 e. The second-order valence-electron chi connectivity index (χ2n) is 5.79. The van der Waals surface area contributed by atoms with Crippen molar-refractivity contribution in [3.63, 3.8) is 0 Å². The van der Waals surface area contributed by atoms with E-state index in [1.165, 1.54) is 0 Å². The van der Waals surface area contributed by atoms with E-state index >= 15 is 0 Å². The third-order valence-electron chi connectivity index (χ3n) is 3.72. The molecule has 2 amide bonds. The molecule has 2 aromatic rings. The minimum atomic E-state index is -0.293. The fraction of sp³-hybridized carbons (Fsp3) is 0.278. The first-order valence-electron chi connectivity index (χ1n) is 7.92. The lowest BCUT2D eigenvalue weighted by Gasteiger charge is -2.07. The molecule has 1 saturated carbocycles. The van der Waals surface area contributed by atoms with Crippen LogP contribution in [-0.2, 0) is 6.42 Å². The molecule has 5 nitrogen and oxygen atoms in total. The quantitative estimate of drug-likeness (QED) is 0.847. The Morgan fingerprint density at radius 1 is 1.08 bits per heavy atom. The molecule has 0 atom stereocenters. The molecule has 1 fully saturated rings. The molecule has 1 aromatic carbocycles. The summed E-state index contributed by atoms with van der Waals surface area (Å²) in [7, 11) is 0. The highest BCUT2D eigenvalue weighted by molar-refractivity contribution is 6.30. The Hall–Kier alpha value is -2.40. The summed E-state index contributed by atoms with van der Waals surface area (Å²) in [5, 5.41) is 6.35. The average Bonchev–Trinajstić information content (AvgIpc) is 3.39. The smallest absolute Gasteiger partial charge is 0.270 e. The van der Waals surface area contributed by atoms with Crippen LogP contribution in [0.15, 0.2) is 42.5 Å². The molecule has 0 saturated heterocycles. The van der Waals surface area contributed by atoms with Gasteiger partial charge in [0.25, 0.3) is 11.8 Å². The van der Waals surface area contributed by atoms with Crippen molar-refractivity contribution >= 4 is 23.4 Å². The van der Waals surface area contributed by atoms with E-state index < -0.39 is 0 Å². The molecule has 6 heteroatoms. The molecule has 0 bridgehead atoms. The number of hydrogen-bond donors (Lipinski definition) is 2. The Labute approximate surface area is 145 Å². The van der Waals surface area contributed by atoms with E-state index in [1.807, 2.05) is 24.3 Å². The number of carbonyl (C=O) groups excluding carboxylic acids is 2. The van der Waals surface area contributed by atoms with Crippen LogP contribution in [0.1, 0.15) is 39.4 Å². The molecule has 1 aliphatic rings. The largest absolute Gasteiger partial charge is 0.350 e. The highest BCUT2D eigenvalue weighted by Crippen LogP contribution is 2.19. The number of amides is 2. The first kappa shape index (κ1) is 16.5. The summed E-state index contributed by atoms with van der Waals surface area (Å²) < 4.78 is 0. The molecule has 1 aliphatic carbocycles. The van der Waals surface area contributed by atoms with Gasteiger partial charge in [-0.15, -0.1) is 0 Å². The number of nitrogens with zero attached hydrogens (tertiary/aromatic N) is 1. The van der Waals surface area contributed by atoms with Crippen LogP contribution >= 0.6 is 11.6 Å². The molecule has 24 heavy (non-hydrogen) atoms. The van der Waals surface area contributed by atoms with E-state index in [0.717, 1.165) is 18.4 Å². The number of benzene rings is 1. The van der Waals surface area contributed by atoms with Crippen LogP contribution in [0.25, 0.3) is 0 Å². The molecule has 3 rings (SSSR count). The van der Waals surface area contributed by atoms with Gasteiger partial charge in [0.1, 0.15) is 11.4 Å². The predicted molar refractivity (Wildman–Crippen MR) is 92.2 cm³/mol. The maximum absolute atomic E-state index is 12.2. The third kappa shape index (κ3) is 4.55. The fourth-order valence-electron chi connectivity index (χ4n) is 2.28. The van der Waals surface area contributed by atoms with Crippen molar-refractivity contribution in [1.82, 2.24) is 15.6 Å². The zero-order chi connectivity index (χ0) is 16.9. The topological polar surface area (TPSA) is 71.1 Å². The van der Waals surface area contributed by atoms with Gasteiger partial charge < -0.3 is 10.6 Å². The van der Waals surface area contributed by atoms with Crippen molar-refractivity contribution < 1.29 is 9.59 Å². The summed E-state index contributed by atoms with van der Waals surface area (Å²) in [6, 6.07) is 12.7. The molecule has 0 spiro atoms. The fourth-order valence-corrected chi connectivity index (χ4v) is 2.49. The van der Waals surface area contributed by atoms with Gasteiger partial charge in [-0.05, 0) is 49.1 Å². The van der Waals surface area contributed by atoms with E-state index in [0.29, 0.717) is 18.0 Å². The number of rotatable bonds is 6. The first-order chi connectivity index (χ1) is 11.6. The summed E-state index contributed by atoms with van der Waals surface area (Å²) in [5.74, 6) is -0.524. The Bertz CT molecular complexity index is 759. The van der Waals surface area contributed by atoms with Gasteiger partial charge >= 0.3 is 0 Å². The summed E-state index contributed by atoms with van der Waals surface area (Å²) in [5.41, 5.74) is 1.56. The maximum atomic E-state index is 12.2. The predicted octanol–water partition coefficient (Wildman–Crippen LogP) is 2.60. The molecule has 124 valence electrons. The summed E-state index contributed by atoms with van der Waals surface area (Å²) in [4.78, 5) is 28.3. The van der Waals surface area contributed by atoms with E-state index in [2.05, 4.69) is 15.6 Å². The van der Waals surface area contributed by atoms with E-state index in [-0.39, 0.29) is 29.2 Å². The maximum Gasteiger partial charge on any atom is 0.270 e. The zero-order valence-corrected chi connectivity index (χ0v) is 13.8. The first-order valence-corrected chi connectivity index (χ1v) is 8.30. The van der Waals surface area contributed by atoms with Crippen LogP contribution in [0.5, 0.6) is 0 Å². The number of halogens is 1. The molecule has 0 radical (unpaired) electrons.